The topological polar surface area (TPSA) is 61.4 Å². The molecule has 0 heterocycles. The van der Waals surface area contributed by atoms with Crippen LogP contribution in [-0.2, 0) is 0 Å². The maximum Gasteiger partial charge on any atom is 0.319 e. The lowest BCUT2D eigenvalue weighted by Crippen LogP contribution is -2.40. The molecule has 106 valence electrons. The van der Waals surface area contributed by atoms with E-state index in [4.69, 9.17) is 16.7 Å². The molecule has 0 aliphatic rings. The summed E-state index contributed by atoms with van der Waals surface area (Å²) in [5, 5.41) is 15.0. The number of thioether (sulfide) groups is 1. The van der Waals surface area contributed by atoms with Gasteiger partial charge in [-0.1, -0.05) is 17.7 Å². The van der Waals surface area contributed by atoms with Gasteiger partial charge in [0.15, 0.2) is 0 Å². The number of aliphatic hydroxyl groups is 1. The van der Waals surface area contributed by atoms with E-state index in [-0.39, 0.29) is 18.7 Å². The van der Waals surface area contributed by atoms with E-state index in [2.05, 4.69) is 10.6 Å². The molecule has 1 atom stereocenters. The smallest absolute Gasteiger partial charge is 0.319 e. The van der Waals surface area contributed by atoms with Crippen LogP contribution in [-0.4, -0.2) is 35.8 Å². The largest absolute Gasteiger partial charge is 0.396 e. The number of rotatable bonds is 6. The van der Waals surface area contributed by atoms with Gasteiger partial charge in [-0.2, -0.15) is 11.8 Å². The van der Waals surface area contributed by atoms with Crippen molar-refractivity contribution in [2.45, 2.75) is 19.4 Å². The Kier molecular flexibility index (Phi) is 7.05. The third-order valence-electron chi connectivity index (χ3n) is 2.55. The molecule has 0 fully saturated rings. The van der Waals surface area contributed by atoms with Gasteiger partial charge in [0.25, 0.3) is 0 Å². The summed E-state index contributed by atoms with van der Waals surface area (Å²) in [6, 6.07) is 5.09. The second-order valence-electron chi connectivity index (χ2n) is 4.25. The first-order chi connectivity index (χ1) is 9.06. The summed E-state index contributed by atoms with van der Waals surface area (Å²) in [4.78, 5) is 11.9. The Morgan fingerprint density at radius 2 is 2.26 bits per heavy atom. The van der Waals surface area contributed by atoms with Crippen LogP contribution in [0, 0.1) is 6.92 Å². The first-order valence-electron chi connectivity index (χ1n) is 6.00. The quantitative estimate of drug-likeness (QED) is 0.757. The van der Waals surface area contributed by atoms with Gasteiger partial charge in [0.1, 0.15) is 0 Å². The van der Waals surface area contributed by atoms with Crippen LogP contribution in [0.5, 0.6) is 0 Å². The highest BCUT2D eigenvalue weighted by molar-refractivity contribution is 7.98. The first-order valence-corrected chi connectivity index (χ1v) is 7.77. The molecule has 0 spiro atoms. The third kappa shape index (κ3) is 5.72. The molecule has 0 saturated heterocycles. The Bertz CT molecular complexity index is 423. The van der Waals surface area contributed by atoms with Crippen LogP contribution in [0.3, 0.4) is 0 Å². The van der Waals surface area contributed by atoms with E-state index in [9.17, 15) is 4.79 Å². The minimum Gasteiger partial charge on any atom is -0.396 e. The summed E-state index contributed by atoms with van der Waals surface area (Å²) < 4.78 is 0. The number of nitrogens with one attached hydrogen (secondary N) is 2. The van der Waals surface area contributed by atoms with Gasteiger partial charge in [0.2, 0.25) is 0 Å². The van der Waals surface area contributed by atoms with Crippen LogP contribution in [0.2, 0.25) is 5.02 Å². The molecule has 6 heteroatoms. The number of aliphatic hydroxyl groups excluding tert-OH is 1. The molecule has 1 aromatic rings. The van der Waals surface area contributed by atoms with Gasteiger partial charge in [-0.05, 0) is 37.3 Å². The van der Waals surface area contributed by atoms with Gasteiger partial charge in [0, 0.05) is 18.4 Å². The van der Waals surface area contributed by atoms with E-state index in [1.165, 1.54) is 0 Å². The summed E-state index contributed by atoms with van der Waals surface area (Å²) in [6.45, 7) is 1.98. The highest BCUT2D eigenvalue weighted by Gasteiger charge is 2.12. The summed E-state index contributed by atoms with van der Waals surface area (Å²) in [6.07, 6.45) is 2.50. The van der Waals surface area contributed by atoms with Crippen LogP contribution in [0.15, 0.2) is 18.2 Å². The third-order valence-corrected chi connectivity index (χ3v) is 3.62. The zero-order valence-electron chi connectivity index (χ0n) is 11.1. The molecule has 1 aromatic carbocycles. The molecule has 0 bridgehead atoms. The van der Waals surface area contributed by atoms with Gasteiger partial charge in [-0.15, -0.1) is 0 Å². The van der Waals surface area contributed by atoms with Crippen molar-refractivity contribution in [1.29, 1.82) is 0 Å². The number of carbonyl (C=O) groups is 1. The monoisotopic (exact) mass is 302 g/mol. The van der Waals surface area contributed by atoms with Gasteiger partial charge in [-0.25, -0.2) is 4.79 Å². The maximum absolute atomic E-state index is 11.9. The van der Waals surface area contributed by atoms with E-state index in [0.29, 0.717) is 17.1 Å². The van der Waals surface area contributed by atoms with Crippen LogP contribution in [0.4, 0.5) is 10.5 Å². The van der Waals surface area contributed by atoms with Gasteiger partial charge >= 0.3 is 6.03 Å². The van der Waals surface area contributed by atoms with Crippen LogP contribution < -0.4 is 10.6 Å². The first kappa shape index (κ1) is 16.1. The standard InChI is InChI=1S/C13H19ClN2O2S/c1-9-3-4-11(14)12(7-9)16-13(18)15-10(5-6-17)8-19-2/h3-4,7,10,17H,5-6,8H2,1-2H3,(H2,15,16,18). The Balaban J connectivity index is 2.60. The van der Waals surface area contributed by atoms with Crippen molar-refractivity contribution >= 4 is 35.1 Å². The van der Waals surface area contributed by atoms with Crippen molar-refractivity contribution in [3.63, 3.8) is 0 Å². The molecule has 0 aromatic heterocycles. The molecule has 0 aliphatic heterocycles. The molecule has 19 heavy (non-hydrogen) atoms. The molecule has 1 rings (SSSR count). The second-order valence-corrected chi connectivity index (χ2v) is 5.56. The maximum atomic E-state index is 11.9. The van der Waals surface area contributed by atoms with Crippen molar-refractivity contribution in [1.82, 2.24) is 5.32 Å². The van der Waals surface area contributed by atoms with Crippen molar-refractivity contribution in [3.8, 4) is 0 Å². The average molecular weight is 303 g/mol. The van der Waals surface area contributed by atoms with E-state index in [1.807, 2.05) is 25.3 Å². The van der Waals surface area contributed by atoms with Crippen LogP contribution >= 0.6 is 23.4 Å². The predicted molar refractivity (Wildman–Crippen MR) is 82.2 cm³/mol. The van der Waals surface area contributed by atoms with Crippen molar-refractivity contribution in [2.75, 3.05) is 23.9 Å². The Labute approximate surface area is 122 Å². The lowest BCUT2D eigenvalue weighted by molar-refractivity contribution is 0.241. The SMILES string of the molecule is CSCC(CCO)NC(=O)Nc1cc(C)ccc1Cl. The van der Waals surface area contributed by atoms with Gasteiger partial charge in [0.05, 0.1) is 10.7 Å². The molecule has 0 aliphatic carbocycles. The average Bonchev–Trinajstić information content (AvgIpc) is 2.34. The molecule has 4 nitrogen and oxygen atoms in total. The molecule has 3 N–H and O–H groups in total. The lowest BCUT2D eigenvalue weighted by Gasteiger charge is -2.17. The number of amides is 2. The number of urea groups is 1. The van der Waals surface area contributed by atoms with E-state index in [0.717, 1.165) is 11.3 Å². The molecule has 1 unspecified atom stereocenters. The van der Waals surface area contributed by atoms with Crippen molar-refractivity contribution in [3.05, 3.63) is 28.8 Å². The predicted octanol–water partition coefficient (Wildman–Crippen LogP) is 2.88. The fraction of sp³-hybridized carbons (Fsp3) is 0.462. The molecule has 0 radical (unpaired) electrons. The van der Waals surface area contributed by atoms with Crippen molar-refractivity contribution < 1.29 is 9.90 Å². The van der Waals surface area contributed by atoms with Crippen molar-refractivity contribution in [2.24, 2.45) is 0 Å². The zero-order chi connectivity index (χ0) is 14.3. The number of halogens is 1. The van der Waals surface area contributed by atoms with E-state index in [1.54, 1.807) is 17.8 Å². The number of benzene rings is 1. The second kappa shape index (κ2) is 8.30. The fourth-order valence-corrected chi connectivity index (χ4v) is 2.45. The fourth-order valence-electron chi connectivity index (χ4n) is 1.63. The van der Waals surface area contributed by atoms with Gasteiger partial charge in [-0.3, -0.25) is 0 Å². The van der Waals surface area contributed by atoms with Crippen LogP contribution in [0.1, 0.15) is 12.0 Å². The summed E-state index contributed by atoms with van der Waals surface area (Å²) in [7, 11) is 0. The number of hydrogen-bond donors (Lipinski definition) is 3. The minimum atomic E-state index is -0.306. The van der Waals surface area contributed by atoms with E-state index >= 15 is 0 Å². The Morgan fingerprint density at radius 3 is 2.89 bits per heavy atom. The summed E-state index contributed by atoms with van der Waals surface area (Å²) >= 11 is 7.64. The summed E-state index contributed by atoms with van der Waals surface area (Å²) in [5.41, 5.74) is 1.61. The molecule has 2 amide bonds. The molecular weight excluding hydrogens is 284 g/mol. The van der Waals surface area contributed by atoms with Crippen LogP contribution in [0.25, 0.3) is 0 Å². The Morgan fingerprint density at radius 1 is 1.53 bits per heavy atom. The number of aryl methyl sites for hydroxylation is 1. The number of anilines is 1. The highest BCUT2D eigenvalue weighted by atomic mass is 35.5. The normalized spacial score (nSPS) is 12.0. The number of carbonyl (C=O) groups excluding carboxylic acids is 1. The Hall–Kier alpha value is -0.910. The summed E-state index contributed by atoms with van der Waals surface area (Å²) in [5.74, 6) is 0.759. The zero-order valence-corrected chi connectivity index (χ0v) is 12.6. The molecule has 0 saturated carbocycles. The van der Waals surface area contributed by atoms with Gasteiger partial charge < -0.3 is 15.7 Å². The minimum absolute atomic E-state index is 0.0522. The lowest BCUT2D eigenvalue weighted by atomic mass is 10.2. The number of hydrogen-bond acceptors (Lipinski definition) is 3. The molecular formula is C13H19ClN2O2S. The highest BCUT2D eigenvalue weighted by Crippen LogP contribution is 2.22. The van der Waals surface area contributed by atoms with E-state index < -0.39 is 0 Å².